The van der Waals surface area contributed by atoms with Crippen molar-refractivity contribution in [1.82, 2.24) is 34.7 Å². The topological polar surface area (TPSA) is 118 Å². The van der Waals surface area contributed by atoms with E-state index in [-0.39, 0.29) is 12.5 Å². The molecule has 0 fully saturated rings. The van der Waals surface area contributed by atoms with Gasteiger partial charge in [-0.3, -0.25) is 14.7 Å². The third-order valence-corrected chi connectivity index (χ3v) is 3.92. The Morgan fingerprint density at radius 2 is 2.12 bits per heavy atom. The fraction of sp³-hybridized carbons (Fsp3) is 0.375. The Balaban J connectivity index is 1.69. The predicted molar refractivity (Wildman–Crippen MR) is 90.3 cm³/mol. The monoisotopic (exact) mass is 357 g/mol. The molecule has 1 atom stereocenters. The van der Waals surface area contributed by atoms with Crippen molar-refractivity contribution in [3.63, 3.8) is 0 Å². The Bertz CT molecular complexity index is 948. The third kappa shape index (κ3) is 3.39. The Morgan fingerprint density at radius 3 is 2.81 bits per heavy atom. The lowest BCUT2D eigenvalue weighted by atomic mass is 10.2. The van der Waals surface area contributed by atoms with Gasteiger partial charge in [0.15, 0.2) is 17.6 Å². The molecule has 0 aliphatic rings. The molecule has 136 valence electrons. The Kier molecular flexibility index (Phi) is 4.65. The minimum Gasteiger partial charge on any atom is -0.453 e. The van der Waals surface area contributed by atoms with Gasteiger partial charge < -0.3 is 9.64 Å². The van der Waals surface area contributed by atoms with Gasteiger partial charge >= 0.3 is 5.97 Å². The van der Waals surface area contributed by atoms with Gasteiger partial charge in [0, 0.05) is 19.3 Å². The van der Waals surface area contributed by atoms with E-state index >= 15 is 0 Å². The number of rotatable bonds is 5. The zero-order chi connectivity index (χ0) is 18.8. The molecule has 0 aliphatic heterocycles. The Labute approximate surface area is 149 Å². The van der Waals surface area contributed by atoms with Gasteiger partial charge in [-0.1, -0.05) is 0 Å². The number of hydrogen-bond donors (Lipinski definition) is 1. The molecule has 1 amide bonds. The molecule has 0 saturated carbocycles. The van der Waals surface area contributed by atoms with Crippen molar-refractivity contribution in [1.29, 1.82) is 0 Å². The van der Waals surface area contributed by atoms with Crippen LogP contribution in [0.2, 0.25) is 0 Å². The third-order valence-electron chi connectivity index (χ3n) is 3.92. The second kappa shape index (κ2) is 6.90. The average molecular weight is 357 g/mol. The van der Waals surface area contributed by atoms with Crippen molar-refractivity contribution in [2.45, 2.75) is 26.9 Å². The van der Waals surface area contributed by atoms with Gasteiger partial charge in [-0.15, -0.1) is 0 Å². The van der Waals surface area contributed by atoms with Crippen LogP contribution in [0.4, 0.5) is 0 Å². The Hall–Kier alpha value is -3.30. The summed E-state index contributed by atoms with van der Waals surface area (Å²) in [6.45, 7) is 5.11. The number of fused-ring (bicyclic) bond motifs is 1. The summed E-state index contributed by atoms with van der Waals surface area (Å²) in [5.74, 6) is -0.451. The normalized spacial score (nSPS) is 12.2. The number of nitrogens with one attached hydrogen (secondary N) is 1. The average Bonchev–Trinajstić information content (AvgIpc) is 3.23. The van der Waals surface area contributed by atoms with Crippen LogP contribution in [0.15, 0.2) is 18.6 Å². The second-order valence-corrected chi connectivity index (χ2v) is 5.98. The number of amides is 1. The van der Waals surface area contributed by atoms with Crippen LogP contribution in [0.3, 0.4) is 0 Å². The number of likely N-dealkylation sites (N-methyl/N-ethyl adjacent to an activating group) is 1. The molecular weight excluding hydrogens is 338 g/mol. The Morgan fingerprint density at radius 1 is 1.35 bits per heavy atom. The van der Waals surface area contributed by atoms with Crippen molar-refractivity contribution in [3.8, 4) is 0 Å². The first-order valence-electron chi connectivity index (χ1n) is 7.99. The lowest BCUT2D eigenvalue weighted by molar-refractivity contribution is -0.149. The minimum atomic E-state index is -0.583. The van der Waals surface area contributed by atoms with E-state index in [0.29, 0.717) is 22.7 Å². The summed E-state index contributed by atoms with van der Waals surface area (Å²) in [7, 11) is 1.53. The van der Waals surface area contributed by atoms with Gasteiger partial charge in [-0.05, 0) is 20.8 Å². The molecule has 1 N–H and O–H groups in total. The highest BCUT2D eigenvalue weighted by Gasteiger charge is 2.22. The summed E-state index contributed by atoms with van der Waals surface area (Å²) in [4.78, 5) is 34.2. The number of aromatic amines is 1. The van der Waals surface area contributed by atoms with Gasteiger partial charge in [0.25, 0.3) is 5.91 Å². The van der Waals surface area contributed by atoms with Crippen LogP contribution in [-0.4, -0.2) is 60.1 Å². The smallest absolute Gasteiger partial charge is 0.326 e. The number of aryl methyl sites for hydroxylation is 2. The summed E-state index contributed by atoms with van der Waals surface area (Å²) >= 11 is 0. The molecule has 0 aromatic carbocycles. The summed E-state index contributed by atoms with van der Waals surface area (Å²) < 4.78 is 6.87. The number of nitrogens with zero attached hydrogens (tertiary/aromatic N) is 6. The maximum Gasteiger partial charge on any atom is 0.326 e. The van der Waals surface area contributed by atoms with Gasteiger partial charge in [0.05, 0.1) is 17.0 Å². The fourth-order valence-corrected chi connectivity index (χ4v) is 2.54. The number of esters is 1. The van der Waals surface area contributed by atoms with Crippen LogP contribution in [-0.2, 0) is 9.53 Å². The maximum atomic E-state index is 12.7. The highest BCUT2D eigenvalue weighted by molar-refractivity contribution is 5.96. The first-order chi connectivity index (χ1) is 12.4. The zero-order valence-electron chi connectivity index (χ0n) is 14.9. The SMILES string of the molecule is Cc1cc2ncc(C(=O)N(C)CC(=O)OC(C)c3ncn[nH]3)c(C)n2n1. The van der Waals surface area contributed by atoms with E-state index in [0.717, 1.165) is 5.69 Å². The number of carbonyl (C=O) groups is 2. The van der Waals surface area contributed by atoms with E-state index < -0.39 is 12.1 Å². The van der Waals surface area contributed by atoms with E-state index in [4.69, 9.17) is 4.74 Å². The van der Waals surface area contributed by atoms with E-state index in [1.165, 1.54) is 24.5 Å². The number of carbonyl (C=O) groups excluding carboxylic acids is 2. The summed E-state index contributed by atoms with van der Waals surface area (Å²) in [6, 6.07) is 1.83. The maximum absolute atomic E-state index is 12.7. The number of H-pyrrole nitrogens is 1. The highest BCUT2D eigenvalue weighted by Crippen LogP contribution is 2.14. The predicted octanol–water partition coefficient (Wildman–Crippen LogP) is 0.841. The van der Waals surface area contributed by atoms with Gasteiger partial charge in [-0.2, -0.15) is 10.2 Å². The molecule has 26 heavy (non-hydrogen) atoms. The molecule has 3 aromatic heterocycles. The largest absolute Gasteiger partial charge is 0.453 e. The molecular formula is C16H19N7O3. The van der Waals surface area contributed by atoms with E-state index in [1.54, 1.807) is 18.4 Å². The number of hydrogen-bond acceptors (Lipinski definition) is 7. The van der Waals surface area contributed by atoms with Crippen LogP contribution < -0.4 is 0 Å². The lowest BCUT2D eigenvalue weighted by Crippen LogP contribution is -2.34. The molecule has 0 saturated heterocycles. The van der Waals surface area contributed by atoms with Gasteiger partial charge in [-0.25, -0.2) is 14.5 Å². The van der Waals surface area contributed by atoms with E-state index in [9.17, 15) is 9.59 Å². The number of ether oxygens (including phenoxy) is 1. The molecule has 0 bridgehead atoms. The summed E-state index contributed by atoms with van der Waals surface area (Å²) in [5, 5.41) is 10.7. The fourth-order valence-electron chi connectivity index (χ4n) is 2.54. The highest BCUT2D eigenvalue weighted by atomic mass is 16.5. The van der Waals surface area contributed by atoms with Crippen LogP contribution >= 0.6 is 0 Å². The molecule has 3 heterocycles. The van der Waals surface area contributed by atoms with Crippen LogP contribution in [0.25, 0.3) is 5.65 Å². The van der Waals surface area contributed by atoms with Crippen molar-refractivity contribution in [2.75, 3.05) is 13.6 Å². The lowest BCUT2D eigenvalue weighted by Gasteiger charge is -2.18. The molecule has 3 aromatic rings. The first kappa shape index (κ1) is 17.5. The molecule has 10 nitrogen and oxygen atoms in total. The molecule has 3 rings (SSSR count). The minimum absolute atomic E-state index is 0.201. The van der Waals surface area contributed by atoms with Crippen molar-refractivity contribution < 1.29 is 14.3 Å². The zero-order valence-corrected chi connectivity index (χ0v) is 14.9. The van der Waals surface area contributed by atoms with E-state index in [2.05, 4.69) is 25.3 Å². The first-order valence-corrected chi connectivity index (χ1v) is 7.99. The quantitative estimate of drug-likeness (QED) is 0.672. The van der Waals surface area contributed by atoms with Crippen molar-refractivity contribution in [3.05, 3.63) is 41.4 Å². The standard InChI is InChI=1S/C16H19N7O3/c1-9-5-13-17-6-12(10(2)23(13)21-9)16(25)22(4)7-14(24)26-11(3)15-18-8-19-20-15/h5-6,8,11H,7H2,1-4H3,(H,18,19,20). The van der Waals surface area contributed by atoms with E-state index in [1.807, 2.05) is 13.0 Å². The molecule has 0 aliphatic carbocycles. The van der Waals surface area contributed by atoms with Crippen LogP contribution in [0.5, 0.6) is 0 Å². The van der Waals surface area contributed by atoms with Crippen molar-refractivity contribution in [2.24, 2.45) is 0 Å². The van der Waals surface area contributed by atoms with Gasteiger partial charge in [0.2, 0.25) is 0 Å². The van der Waals surface area contributed by atoms with Crippen LogP contribution in [0.1, 0.15) is 40.6 Å². The molecule has 0 radical (unpaired) electrons. The number of aromatic nitrogens is 6. The summed E-state index contributed by atoms with van der Waals surface area (Å²) in [5.41, 5.74) is 2.51. The van der Waals surface area contributed by atoms with Crippen molar-refractivity contribution >= 4 is 17.5 Å². The summed E-state index contributed by atoms with van der Waals surface area (Å²) in [6.07, 6.45) is 2.24. The van der Waals surface area contributed by atoms with Gasteiger partial charge in [0.1, 0.15) is 12.9 Å². The molecule has 10 heteroatoms. The van der Waals surface area contributed by atoms with Crippen LogP contribution in [0, 0.1) is 13.8 Å². The second-order valence-electron chi connectivity index (χ2n) is 5.98. The molecule has 0 spiro atoms. The molecule has 1 unspecified atom stereocenters.